The van der Waals surface area contributed by atoms with Gasteiger partial charge in [0.1, 0.15) is 11.5 Å². The molecular weight excluding hydrogens is 234 g/mol. The van der Waals surface area contributed by atoms with Crippen LogP contribution in [0, 0.1) is 5.92 Å². The van der Waals surface area contributed by atoms with Gasteiger partial charge in [0.2, 0.25) is 0 Å². The molecule has 1 fully saturated rings. The van der Waals surface area contributed by atoms with Gasteiger partial charge in [-0.05, 0) is 37.0 Å². The molecule has 0 aromatic heterocycles. The van der Waals surface area contributed by atoms with Crippen LogP contribution < -0.4 is 0 Å². The van der Waals surface area contributed by atoms with Crippen LogP contribution in [0.25, 0.3) is 0 Å². The van der Waals surface area contributed by atoms with E-state index in [2.05, 4.69) is 0 Å². The highest BCUT2D eigenvalue weighted by Crippen LogP contribution is 2.27. The van der Waals surface area contributed by atoms with Crippen molar-refractivity contribution in [2.75, 3.05) is 19.7 Å². The molecule has 3 N–H and O–H groups in total. The molecule has 18 heavy (non-hydrogen) atoms. The molecule has 1 heterocycles. The molecule has 5 nitrogen and oxygen atoms in total. The Morgan fingerprint density at radius 1 is 1.39 bits per heavy atom. The van der Waals surface area contributed by atoms with Crippen LogP contribution >= 0.6 is 0 Å². The number of phenols is 2. The fourth-order valence-corrected chi connectivity index (χ4v) is 2.30. The van der Waals surface area contributed by atoms with Crippen LogP contribution in [-0.2, 0) is 0 Å². The van der Waals surface area contributed by atoms with Gasteiger partial charge in [-0.15, -0.1) is 0 Å². The number of aliphatic hydroxyl groups excluding tert-OH is 1. The van der Waals surface area contributed by atoms with E-state index in [4.69, 9.17) is 5.11 Å². The predicted molar refractivity (Wildman–Crippen MR) is 65.5 cm³/mol. The Bertz CT molecular complexity index is 447. The van der Waals surface area contributed by atoms with E-state index in [1.165, 1.54) is 18.2 Å². The number of rotatable bonds is 3. The van der Waals surface area contributed by atoms with Gasteiger partial charge < -0.3 is 20.2 Å². The van der Waals surface area contributed by atoms with Gasteiger partial charge in [0.05, 0.1) is 5.56 Å². The normalized spacial score (nSPS) is 19.2. The summed E-state index contributed by atoms with van der Waals surface area (Å²) in [5.41, 5.74) is 0.125. The van der Waals surface area contributed by atoms with E-state index in [1.54, 1.807) is 4.90 Å². The Morgan fingerprint density at radius 3 is 2.89 bits per heavy atom. The Balaban J connectivity index is 2.10. The van der Waals surface area contributed by atoms with Crippen LogP contribution in [0.15, 0.2) is 18.2 Å². The summed E-state index contributed by atoms with van der Waals surface area (Å²) in [6, 6.07) is 3.92. The summed E-state index contributed by atoms with van der Waals surface area (Å²) >= 11 is 0. The minimum absolute atomic E-state index is 0.0396. The molecule has 1 amide bonds. The van der Waals surface area contributed by atoms with E-state index in [1.807, 2.05) is 0 Å². The molecule has 0 aliphatic carbocycles. The van der Waals surface area contributed by atoms with Crippen LogP contribution in [0.4, 0.5) is 0 Å². The first-order valence-electron chi connectivity index (χ1n) is 6.04. The van der Waals surface area contributed by atoms with Gasteiger partial charge in [0.15, 0.2) is 0 Å². The monoisotopic (exact) mass is 251 g/mol. The van der Waals surface area contributed by atoms with Gasteiger partial charge in [0, 0.05) is 19.7 Å². The quantitative estimate of drug-likeness (QED) is 0.698. The molecule has 0 saturated carbocycles. The average molecular weight is 251 g/mol. The van der Waals surface area contributed by atoms with Crippen LogP contribution in [0.1, 0.15) is 23.2 Å². The summed E-state index contributed by atoms with van der Waals surface area (Å²) in [5, 5.41) is 27.9. The van der Waals surface area contributed by atoms with E-state index in [9.17, 15) is 15.0 Å². The number of aliphatic hydroxyl groups is 1. The summed E-state index contributed by atoms with van der Waals surface area (Å²) in [6.07, 6.45) is 1.56. The second kappa shape index (κ2) is 5.27. The minimum Gasteiger partial charge on any atom is -0.508 e. The highest BCUT2D eigenvalue weighted by Gasteiger charge is 2.27. The Kier molecular flexibility index (Phi) is 3.72. The summed E-state index contributed by atoms with van der Waals surface area (Å²) in [6.45, 7) is 1.34. The lowest BCUT2D eigenvalue weighted by Crippen LogP contribution is -2.28. The van der Waals surface area contributed by atoms with Crippen molar-refractivity contribution in [2.45, 2.75) is 12.8 Å². The standard InChI is InChI=1S/C13H17NO4/c15-6-4-9-3-5-14(8-9)13(18)11-7-10(16)1-2-12(11)17/h1-2,7,9,15-17H,3-6,8H2. The van der Waals surface area contributed by atoms with Gasteiger partial charge in [-0.25, -0.2) is 0 Å². The average Bonchev–Trinajstić information content (AvgIpc) is 2.80. The van der Waals surface area contributed by atoms with Crippen molar-refractivity contribution in [3.8, 4) is 11.5 Å². The number of benzene rings is 1. The van der Waals surface area contributed by atoms with E-state index in [0.29, 0.717) is 25.4 Å². The maximum atomic E-state index is 12.2. The first-order valence-corrected chi connectivity index (χ1v) is 6.04. The molecule has 0 radical (unpaired) electrons. The molecule has 1 aromatic rings. The zero-order chi connectivity index (χ0) is 13.1. The number of phenolic OH excluding ortho intramolecular Hbond substituents is 2. The number of amides is 1. The third kappa shape index (κ3) is 2.56. The van der Waals surface area contributed by atoms with Crippen LogP contribution in [0.3, 0.4) is 0 Å². The molecule has 1 unspecified atom stereocenters. The molecule has 1 aliphatic heterocycles. The number of carbonyl (C=O) groups excluding carboxylic acids is 1. The lowest BCUT2D eigenvalue weighted by atomic mass is 10.1. The van der Waals surface area contributed by atoms with Crippen LogP contribution in [-0.4, -0.2) is 45.8 Å². The molecule has 0 spiro atoms. The fourth-order valence-electron chi connectivity index (χ4n) is 2.30. The highest BCUT2D eigenvalue weighted by molar-refractivity contribution is 5.97. The van der Waals surface area contributed by atoms with Gasteiger partial charge in [0.25, 0.3) is 5.91 Å². The largest absolute Gasteiger partial charge is 0.508 e. The van der Waals surface area contributed by atoms with Gasteiger partial charge in [-0.3, -0.25) is 4.79 Å². The molecule has 2 rings (SSSR count). The Morgan fingerprint density at radius 2 is 2.17 bits per heavy atom. The molecule has 1 aliphatic rings. The highest BCUT2D eigenvalue weighted by atomic mass is 16.3. The Labute approximate surface area is 105 Å². The van der Waals surface area contributed by atoms with Crippen molar-refractivity contribution in [1.82, 2.24) is 4.90 Å². The summed E-state index contributed by atoms with van der Waals surface area (Å²) < 4.78 is 0. The third-order valence-corrected chi connectivity index (χ3v) is 3.32. The lowest BCUT2D eigenvalue weighted by molar-refractivity contribution is 0.0781. The SMILES string of the molecule is O=C(c1cc(O)ccc1O)N1CCC(CCO)C1. The van der Waals surface area contributed by atoms with Gasteiger partial charge in [-0.1, -0.05) is 0 Å². The van der Waals surface area contributed by atoms with Crippen LogP contribution in [0.2, 0.25) is 0 Å². The minimum atomic E-state index is -0.274. The second-order valence-corrected chi connectivity index (χ2v) is 4.62. The number of likely N-dealkylation sites (tertiary alicyclic amines) is 1. The molecular formula is C13H17NO4. The molecule has 1 saturated heterocycles. The van der Waals surface area contributed by atoms with E-state index >= 15 is 0 Å². The van der Waals surface area contributed by atoms with E-state index < -0.39 is 0 Å². The molecule has 0 bridgehead atoms. The smallest absolute Gasteiger partial charge is 0.257 e. The molecule has 98 valence electrons. The van der Waals surface area contributed by atoms with Crippen molar-refractivity contribution >= 4 is 5.91 Å². The first kappa shape index (κ1) is 12.7. The Hall–Kier alpha value is -1.75. The van der Waals surface area contributed by atoms with Crippen molar-refractivity contribution in [2.24, 2.45) is 5.92 Å². The third-order valence-electron chi connectivity index (χ3n) is 3.32. The first-order chi connectivity index (χ1) is 8.61. The number of hydrogen-bond donors (Lipinski definition) is 3. The number of nitrogens with zero attached hydrogens (tertiary/aromatic N) is 1. The molecule has 1 aromatic carbocycles. The van der Waals surface area contributed by atoms with E-state index in [0.717, 1.165) is 6.42 Å². The zero-order valence-electron chi connectivity index (χ0n) is 10.0. The van der Waals surface area contributed by atoms with Crippen molar-refractivity contribution in [3.05, 3.63) is 23.8 Å². The molecule has 1 atom stereocenters. The fraction of sp³-hybridized carbons (Fsp3) is 0.462. The summed E-state index contributed by atoms with van der Waals surface area (Å²) in [5.74, 6) is -0.118. The second-order valence-electron chi connectivity index (χ2n) is 4.62. The topological polar surface area (TPSA) is 81.0 Å². The van der Waals surface area contributed by atoms with Crippen molar-refractivity contribution in [1.29, 1.82) is 0 Å². The number of hydrogen-bond acceptors (Lipinski definition) is 4. The summed E-state index contributed by atoms with van der Waals surface area (Å²) in [4.78, 5) is 13.8. The van der Waals surface area contributed by atoms with Gasteiger partial charge in [-0.2, -0.15) is 0 Å². The molecule has 5 heteroatoms. The summed E-state index contributed by atoms with van der Waals surface area (Å²) in [7, 11) is 0. The maximum Gasteiger partial charge on any atom is 0.257 e. The maximum absolute atomic E-state index is 12.2. The predicted octanol–water partition coefficient (Wildman–Crippen LogP) is 0.942. The number of carbonyl (C=O) groups is 1. The van der Waals surface area contributed by atoms with Crippen LogP contribution in [0.5, 0.6) is 11.5 Å². The van der Waals surface area contributed by atoms with Crippen molar-refractivity contribution < 1.29 is 20.1 Å². The lowest BCUT2D eigenvalue weighted by Gasteiger charge is -2.17. The van der Waals surface area contributed by atoms with Gasteiger partial charge >= 0.3 is 0 Å². The van der Waals surface area contributed by atoms with Crippen molar-refractivity contribution in [3.63, 3.8) is 0 Å². The van der Waals surface area contributed by atoms with E-state index in [-0.39, 0.29) is 29.6 Å². The zero-order valence-corrected chi connectivity index (χ0v) is 10.0. The number of aromatic hydroxyl groups is 2.